The van der Waals surface area contributed by atoms with Crippen LogP contribution >= 0.6 is 0 Å². The van der Waals surface area contributed by atoms with Gasteiger partial charge in [0.05, 0.1) is 6.07 Å². The van der Waals surface area contributed by atoms with Gasteiger partial charge >= 0.3 is 0 Å². The number of nitrogens with zero attached hydrogens (tertiary/aromatic N) is 2. The molecule has 0 N–H and O–H groups in total. The van der Waals surface area contributed by atoms with Crippen LogP contribution in [0.4, 0.5) is 0 Å². The van der Waals surface area contributed by atoms with Crippen molar-refractivity contribution in [2.75, 3.05) is 20.6 Å². The molecule has 0 amide bonds. The van der Waals surface area contributed by atoms with Crippen molar-refractivity contribution in [3.63, 3.8) is 0 Å². The lowest BCUT2D eigenvalue weighted by atomic mass is 9.99. The van der Waals surface area contributed by atoms with E-state index in [1.807, 2.05) is 19.0 Å². The maximum absolute atomic E-state index is 11.0. The smallest absolute Gasteiger partial charge is 0.134 e. The first-order chi connectivity index (χ1) is 5.57. The van der Waals surface area contributed by atoms with E-state index >= 15 is 0 Å². The average molecular weight is 168 g/mol. The van der Waals surface area contributed by atoms with Crippen molar-refractivity contribution in [2.24, 2.45) is 5.92 Å². The molecule has 68 valence electrons. The van der Waals surface area contributed by atoms with Gasteiger partial charge in [-0.3, -0.25) is 4.79 Å². The number of Topliss-reactive ketones (excluding diaryl/α,β-unsaturated/α-hetero) is 1. The second-order valence-electron chi connectivity index (χ2n) is 3.27. The molecule has 0 aliphatic carbocycles. The van der Waals surface area contributed by atoms with E-state index in [9.17, 15) is 4.79 Å². The van der Waals surface area contributed by atoms with Gasteiger partial charge in [-0.05, 0) is 27.4 Å². The van der Waals surface area contributed by atoms with E-state index in [1.54, 1.807) is 6.92 Å². The predicted octanol–water partition coefficient (Wildman–Crippen LogP) is 1.06. The summed E-state index contributed by atoms with van der Waals surface area (Å²) in [5.74, 6) is 0.207. The highest BCUT2D eigenvalue weighted by molar-refractivity contribution is 5.78. The van der Waals surface area contributed by atoms with Gasteiger partial charge in [-0.1, -0.05) is 0 Å². The van der Waals surface area contributed by atoms with Crippen LogP contribution in [0, 0.1) is 17.2 Å². The van der Waals surface area contributed by atoms with Crippen LogP contribution in [-0.2, 0) is 4.79 Å². The Morgan fingerprint density at radius 1 is 1.58 bits per heavy atom. The van der Waals surface area contributed by atoms with Crippen LogP contribution in [0.3, 0.4) is 0 Å². The molecule has 12 heavy (non-hydrogen) atoms. The van der Waals surface area contributed by atoms with Crippen LogP contribution in [0.5, 0.6) is 0 Å². The number of nitriles is 1. The minimum atomic E-state index is 0.0275. The highest BCUT2D eigenvalue weighted by atomic mass is 16.1. The van der Waals surface area contributed by atoms with Crippen LogP contribution in [0.2, 0.25) is 0 Å². The molecular formula is C9H16N2O. The second kappa shape index (κ2) is 5.73. The van der Waals surface area contributed by atoms with Crippen molar-refractivity contribution in [1.29, 1.82) is 5.26 Å². The monoisotopic (exact) mass is 168 g/mol. The van der Waals surface area contributed by atoms with Gasteiger partial charge in [0, 0.05) is 18.9 Å². The Bertz CT molecular complexity index is 181. The zero-order chi connectivity index (χ0) is 9.56. The number of hydrogen-bond acceptors (Lipinski definition) is 3. The van der Waals surface area contributed by atoms with E-state index in [0.717, 1.165) is 6.54 Å². The molecule has 3 nitrogen and oxygen atoms in total. The minimum absolute atomic E-state index is 0.0275. The van der Waals surface area contributed by atoms with Gasteiger partial charge in [0.1, 0.15) is 5.78 Å². The third kappa shape index (κ3) is 4.86. The van der Waals surface area contributed by atoms with E-state index in [1.165, 1.54) is 0 Å². The molecular weight excluding hydrogens is 152 g/mol. The maximum Gasteiger partial charge on any atom is 0.134 e. The summed E-state index contributed by atoms with van der Waals surface area (Å²) >= 11 is 0. The first-order valence-corrected chi connectivity index (χ1v) is 4.10. The molecule has 0 aliphatic heterocycles. The van der Waals surface area contributed by atoms with Gasteiger partial charge in [0.2, 0.25) is 0 Å². The number of carbonyl (C=O) groups is 1. The highest BCUT2D eigenvalue weighted by Gasteiger charge is 2.14. The highest BCUT2D eigenvalue weighted by Crippen LogP contribution is 2.08. The topological polar surface area (TPSA) is 44.1 Å². The van der Waals surface area contributed by atoms with Gasteiger partial charge in [-0.15, -0.1) is 0 Å². The Hall–Kier alpha value is -0.880. The van der Waals surface area contributed by atoms with Crippen LogP contribution < -0.4 is 0 Å². The average Bonchev–Trinajstić information content (AvgIpc) is 1.96. The van der Waals surface area contributed by atoms with Crippen molar-refractivity contribution in [3.05, 3.63) is 0 Å². The predicted molar refractivity (Wildman–Crippen MR) is 47.6 cm³/mol. The molecule has 0 rings (SSSR count). The molecule has 0 saturated heterocycles. The van der Waals surface area contributed by atoms with E-state index in [4.69, 9.17) is 5.26 Å². The van der Waals surface area contributed by atoms with Crippen molar-refractivity contribution < 1.29 is 4.79 Å². The van der Waals surface area contributed by atoms with Crippen LogP contribution in [0.1, 0.15) is 19.8 Å². The number of rotatable bonds is 5. The minimum Gasteiger partial charge on any atom is -0.309 e. The lowest BCUT2D eigenvalue weighted by Gasteiger charge is -2.16. The molecule has 0 saturated carbocycles. The summed E-state index contributed by atoms with van der Waals surface area (Å²) in [5, 5.41) is 8.36. The summed E-state index contributed by atoms with van der Waals surface area (Å²) in [5.41, 5.74) is 0. The van der Waals surface area contributed by atoms with E-state index < -0.39 is 0 Å². The molecule has 3 heteroatoms. The second-order valence-corrected chi connectivity index (χ2v) is 3.27. The summed E-state index contributed by atoms with van der Waals surface area (Å²) < 4.78 is 0. The van der Waals surface area contributed by atoms with Crippen molar-refractivity contribution in [3.8, 4) is 6.07 Å². The molecule has 0 aromatic carbocycles. The van der Waals surface area contributed by atoms with Gasteiger partial charge in [-0.2, -0.15) is 5.26 Å². The van der Waals surface area contributed by atoms with Crippen molar-refractivity contribution in [1.82, 2.24) is 4.90 Å². The number of carbonyl (C=O) groups excluding carboxylic acids is 1. The van der Waals surface area contributed by atoms with E-state index in [-0.39, 0.29) is 11.7 Å². The summed E-state index contributed by atoms with van der Waals surface area (Å²) in [4.78, 5) is 13.0. The lowest BCUT2D eigenvalue weighted by molar-refractivity contribution is -0.121. The molecule has 0 bridgehead atoms. The molecule has 0 heterocycles. The summed E-state index contributed by atoms with van der Waals surface area (Å²) in [6, 6.07) is 2.06. The third-order valence-corrected chi connectivity index (χ3v) is 1.77. The lowest BCUT2D eigenvalue weighted by Crippen LogP contribution is -2.26. The Kier molecular flexibility index (Phi) is 5.31. The maximum atomic E-state index is 11.0. The van der Waals surface area contributed by atoms with Crippen LogP contribution in [-0.4, -0.2) is 31.3 Å². The molecule has 0 spiro atoms. The first-order valence-electron chi connectivity index (χ1n) is 4.10. The molecule has 0 radical (unpaired) electrons. The molecule has 0 fully saturated rings. The largest absolute Gasteiger partial charge is 0.309 e. The Morgan fingerprint density at radius 3 is 2.50 bits per heavy atom. The number of ketones is 1. The normalized spacial score (nSPS) is 12.6. The Labute approximate surface area is 74.0 Å². The summed E-state index contributed by atoms with van der Waals surface area (Å²) in [6.07, 6.45) is 1.15. The Balaban J connectivity index is 3.89. The quantitative estimate of drug-likeness (QED) is 0.616. The van der Waals surface area contributed by atoms with Gasteiger partial charge in [0.15, 0.2) is 0 Å². The summed E-state index contributed by atoms with van der Waals surface area (Å²) in [6.45, 7) is 2.34. The van der Waals surface area contributed by atoms with Crippen LogP contribution in [0.25, 0.3) is 0 Å². The Morgan fingerprint density at radius 2 is 2.17 bits per heavy atom. The fourth-order valence-electron chi connectivity index (χ4n) is 1.10. The molecule has 1 atom stereocenters. The zero-order valence-electron chi connectivity index (χ0n) is 8.00. The number of hydrogen-bond donors (Lipinski definition) is 0. The fourth-order valence-corrected chi connectivity index (χ4v) is 1.10. The third-order valence-electron chi connectivity index (χ3n) is 1.77. The van der Waals surface area contributed by atoms with E-state index in [2.05, 4.69) is 6.07 Å². The van der Waals surface area contributed by atoms with Gasteiger partial charge in [0.25, 0.3) is 0 Å². The van der Waals surface area contributed by atoms with E-state index in [0.29, 0.717) is 12.8 Å². The standard InChI is InChI=1S/C9H16N2O/c1-8(12)9(5-4-6-10)7-11(2)3/h9H,4-5,7H2,1-3H3. The molecule has 1 unspecified atom stereocenters. The van der Waals surface area contributed by atoms with Gasteiger partial charge in [-0.25, -0.2) is 0 Å². The van der Waals surface area contributed by atoms with Crippen molar-refractivity contribution >= 4 is 5.78 Å². The summed E-state index contributed by atoms with van der Waals surface area (Å²) in [7, 11) is 3.87. The fraction of sp³-hybridized carbons (Fsp3) is 0.778. The van der Waals surface area contributed by atoms with Crippen molar-refractivity contribution in [2.45, 2.75) is 19.8 Å². The first kappa shape index (κ1) is 11.1. The molecule has 0 aromatic rings. The zero-order valence-corrected chi connectivity index (χ0v) is 8.00. The van der Waals surface area contributed by atoms with Gasteiger partial charge < -0.3 is 4.90 Å². The SMILES string of the molecule is CC(=O)C(CCC#N)CN(C)C. The van der Waals surface area contributed by atoms with Crippen LogP contribution in [0.15, 0.2) is 0 Å². The molecule has 0 aromatic heterocycles. The molecule has 0 aliphatic rings.